The zero-order valence-corrected chi connectivity index (χ0v) is 19.6. The molecule has 4 aromatic rings. The van der Waals surface area contributed by atoms with E-state index in [1.165, 1.54) is 5.56 Å². The first-order valence-corrected chi connectivity index (χ1v) is 12.8. The van der Waals surface area contributed by atoms with Gasteiger partial charge in [-0.25, -0.2) is 8.42 Å². The van der Waals surface area contributed by atoms with E-state index in [0.29, 0.717) is 28.0 Å². The zero-order chi connectivity index (χ0) is 23.3. The Kier molecular flexibility index (Phi) is 7.16. The van der Waals surface area contributed by atoms with E-state index >= 15 is 0 Å². The molecule has 33 heavy (non-hydrogen) atoms. The second kappa shape index (κ2) is 10.2. The molecule has 7 heteroatoms. The van der Waals surface area contributed by atoms with E-state index in [0.717, 1.165) is 12.8 Å². The Morgan fingerprint density at radius 2 is 1.58 bits per heavy atom. The van der Waals surface area contributed by atoms with Crippen molar-refractivity contribution in [2.24, 2.45) is 0 Å². The van der Waals surface area contributed by atoms with Gasteiger partial charge in [0.15, 0.2) is 9.84 Å². The van der Waals surface area contributed by atoms with E-state index < -0.39 is 9.84 Å². The average molecular weight is 481 g/mol. The molecule has 170 valence electrons. The van der Waals surface area contributed by atoms with Crippen LogP contribution in [0.25, 0.3) is 10.9 Å². The smallest absolute Gasteiger partial charge is 0.239 e. The van der Waals surface area contributed by atoms with E-state index in [1.807, 2.05) is 30.3 Å². The van der Waals surface area contributed by atoms with Gasteiger partial charge < -0.3 is 9.88 Å². The molecular weight excluding hydrogens is 456 g/mol. The monoisotopic (exact) mass is 480 g/mol. The number of benzene rings is 3. The van der Waals surface area contributed by atoms with Crippen LogP contribution >= 0.6 is 11.6 Å². The van der Waals surface area contributed by atoms with Gasteiger partial charge in [0.2, 0.25) is 5.91 Å². The van der Waals surface area contributed by atoms with Crippen LogP contribution in [0.4, 0.5) is 0 Å². The molecule has 0 saturated heterocycles. The molecule has 0 aliphatic heterocycles. The summed E-state index contributed by atoms with van der Waals surface area (Å²) in [6, 6.07) is 24.2. The van der Waals surface area contributed by atoms with Gasteiger partial charge in [0.25, 0.3) is 0 Å². The molecule has 0 bridgehead atoms. The molecule has 1 aromatic heterocycles. The van der Waals surface area contributed by atoms with Crippen molar-refractivity contribution in [2.45, 2.75) is 30.0 Å². The highest BCUT2D eigenvalue weighted by Crippen LogP contribution is 2.28. The lowest BCUT2D eigenvalue weighted by Crippen LogP contribution is -2.28. The minimum atomic E-state index is -3.61. The predicted molar refractivity (Wildman–Crippen MR) is 132 cm³/mol. The number of nitrogens with zero attached hydrogens (tertiary/aromatic N) is 1. The number of hydrogen-bond acceptors (Lipinski definition) is 3. The molecule has 0 aliphatic rings. The highest BCUT2D eigenvalue weighted by molar-refractivity contribution is 7.90. The molecule has 0 aliphatic carbocycles. The number of aromatic nitrogens is 1. The quantitative estimate of drug-likeness (QED) is 0.342. The van der Waals surface area contributed by atoms with Crippen LogP contribution in [0, 0.1) is 0 Å². The highest BCUT2D eigenvalue weighted by atomic mass is 35.5. The van der Waals surface area contributed by atoms with Crippen molar-refractivity contribution in [3.05, 3.63) is 101 Å². The average Bonchev–Trinajstić information content (AvgIpc) is 3.18. The molecule has 0 saturated carbocycles. The standard InChI is InChI=1S/C26H25ClN2O3S/c27-22-14-12-21(13-15-22)19-33(31,32)25-17-29(24-11-5-4-10-23(24)25)18-26(30)28-16-6-9-20-7-2-1-3-8-20/h1-5,7-8,10-15,17H,6,9,16,18-19H2,(H,28,30). The van der Waals surface area contributed by atoms with Gasteiger partial charge in [-0.2, -0.15) is 0 Å². The lowest BCUT2D eigenvalue weighted by Gasteiger charge is -2.07. The molecule has 0 atom stereocenters. The highest BCUT2D eigenvalue weighted by Gasteiger charge is 2.22. The summed E-state index contributed by atoms with van der Waals surface area (Å²) in [6.45, 7) is 0.622. The van der Waals surface area contributed by atoms with Crippen molar-refractivity contribution in [3.63, 3.8) is 0 Å². The van der Waals surface area contributed by atoms with Crippen molar-refractivity contribution in [1.82, 2.24) is 9.88 Å². The van der Waals surface area contributed by atoms with Crippen LogP contribution in [0.1, 0.15) is 17.5 Å². The Morgan fingerprint density at radius 1 is 0.879 bits per heavy atom. The lowest BCUT2D eigenvalue weighted by atomic mass is 10.1. The number of fused-ring (bicyclic) bond motifs is 1. The largest absolute Gasteiger partial charge is 0.355 e. The molecule has 0 spiro atoms. The summed E-state index contributed by atoms with van der Waals surface area (Å²) in [5.74, 6) is -0.283. The maximum atomic E-state index is 13.2. The number of carbonyl (C=O) groups is 1. The summed E-state index contributed by atoms with van der Waals surface area (Å²) in [4.78, 5) is 12.8. The molecule has 0 radical (unpaired) electrons. The SMILES string of the molecule is O=C(Cn1cc(S(=O)(=O)Cc2ccc(Cl)cc2)c2ccccc21)NCCCc1ccccc1. The minimum Gasteiger partial charge on any atom is -0.355 e. The predicted octanol–water partition coefficient (Wildman–Crippen LogP) is 5.02. The summed E-state index contributed by atoms with van der Waals surface area (Å²) < 4.78 is 28.1. The van der Waals surface area contributed by atoms with Gasteiger partial charge in [-0.1, -0.05) is 72.3 Å². The van der Waals surface area contributed by atoms with Gasteiger partial charge in [-0.15, -0.1) is 0 Å². The normalized spacial score (nSPS) is 11.5. The van der Waals surface area contributed by atoms with Crippen molar-refractivity contribution >= 4 is 38.2 Å². The second-order valence-electron chi connectivity index (χ2n) is 7.96. The summed E-state index contributed by atoms with van der Waals surface area (Å²) in [5, 5.41) is 4.11. The third-order valence-corrected chi connectivity index (χ3v) is 7.44. The molecule has 3 aromatic carbocycles. The molecule has 4 rings (SSSR count). The fourth-order valence-corrected chi connectivity index (χ4v) is 5.55. The van der Waals surface area contributed by atoms with Gasteiger partial charge in [0.1, 0.15) is 6.54 Å². The van der Waals surface area contributed by atoms with Gasteiger partial charge in [0.05, 0.1) is 10.6 Å². The van der Waals surface area contributed by atoms with Crippen molar-refractivity contribution < 1.29 is 13.2 Å². The second-order valence-corrected chi connectivity index (χ2v) is 10.4. The number of hydrogen-bond donors (Lipinski definition) is 1. The molecule has 1 amide bonds. The maximum absolute atomic E-state index is 13.2. The number of aryl methyl sites for hydroxylation is 1. The molecular formula is C26H25ClN2O3S. The van der Waals surface area contributed by atoms with Crippen LogP contribution in [0.15, 0.2) is 90.0 Å². The van der Waals surface area contributed by atoms with Gasteiger partial charge in [-0.05, 0) is 42.2 Å². The lowest BCUT2D eigenvalue weighted by molar-refractivity contribution is -0.121. The Bertz CT molecular complexity index is 1350. The zero-order valence-electron chi connectivity index (χ0n) is 18.1. The number of rotatable bonds is 9. The fourth-order valence-electron chi connectivity index (χ4n) is 3.85. The van der Waals surface area contributed by atoms with Gasteiger partial charge >= 0.3 is 0 Å². The first-order valence-electron chi connectivity index (χ1n) is 10.8. The number of amides is 1. The molecule has 0 unspecified atom stereocenters. The van der Waals surface area contributed by atoms with Crippen LogP contribution in [-0.4, -0.2) is 25.4 Å². The molecule has 5 nitrogen and oxygen atoms in total. The van der Waals surface area contributed by atoms with Crippen LogP contribution in [0.2, 0.25) is 5.02 Å². The Morgan fingerprint density at radius 3 is 2.33 bits per heavy atom. The fraction of sp³-hybridized carbons (Fsp3) is 0.192. The van der Waals surface area contributed by atoms with Gasteiger partial charge in [0, 0.05) is 28.7 Å². The molecule has 0 fully saturated rings. The Labute approximate surface area is 198 Å². The van der Waals surface area contributed by atoms with E-state index in [2.05, 4.69) is 17.4 Å². The maximum Gasteiger partial charge on any atom is 0.239 e. The number of nitrogens with one attached hydrogen (secondary N) is 1. The van der Waals surface area contributed by atoms with E-state index in [4.69, 9.17) is 11.6 Å². The van der Waals surface area contributed by atoms with Crippen LogP contribution in [0.5, 0.6) is 0 Å². The number of sulfone groups is 1. The minimum absolute atomic E-state index is 0.0579. The summed E-state index contributed by atoms with van der Waals surface area (Å²) >= 11 is 5.92. The first kappa shape index (κ1) is 23.1. The Balaban J connectivity index is 1.46. The molecule has 1 N–H and O–H groups in total. The number of halogens is 1. The topological polar surface area (TPSA) is 68.2 Å². The Hall–Kier alpha value is -3.09. The van der Waals surface area contributed by atoms with Crippen LogP contribution in [-0.2, 0) is 33.4 Å². The van der Waals surface area contributed by atoms with Crippen LogP contribution in [0.3, 0.4) is 0 Å². The van der Waals surface area contributed by atoms with Gasteiger partial charge in [-0.3, -0.25) is 4.79 Å². The molecule has 1 heterocycles. The number of para-hydroxylation sites is 1. The summed E-state index contributed by atoms with van der Waals surface area (Å²) in [7, 11) is -3.61. The summed E-state index contributed by atoms with van der Waals surface area (Å²) in [5.41, 5.74) is 2.61. The van der Waals surface area contributed by atoms with E-state index in [1.54, 1.807) is 47.2 Å². The summed E-state index contributed by atoms with van der Waals surface area (Å²) in [6.07, 6.45) is 3.29. The van der Waals surface area contributed by atoms with E-state index in [-0.39, 0.29) is 23.1 Å². The van der Waals surface area contributed by atoms with E-state index in [9.17, 15) is 13.2 Å². The first-order chi connectivity index (χ1) is 15.9. The van der Waals surface area contributed by atoms with Crippen LogP contribution < -0.4 is 5.32 Å². The van der Waals surface area contributed by atoms with Crippen molar-refractivity contribution in [3.8, 4) is 0 Å². The third-order valence-electron chi connectivity index (χ3n) is 5.48. The third kappa shape index (κ3) is 5.83. The van der Waals surface area contributed by atoms with Crippen molar-refractivity contribution in [1.29, 1.82) is 0 Å². The number of carbonyl (C=O) groups excluding carboxylic acids is 1. The van der Waals surface area contributed by atoms with Crippen molar-refractivity contribution in [2.75, 3.05) is 6.54 Å².